The molecule has 2 N–H and O–H groups in total. The second-order valence-electron chi connectivity index (χ2n) is 25.6. The molecule has 0 atom stereocenters. The second-order valence-corrected chi connectivity index (χ2v) is 26.5. The van der Waals surface area contributed by atoms with E-state index in [-0.39, 0.29) is 5.91 Å². The average molecular weight is 1380 g/mol. The molecule has 4 heterocycles. The second kappa shape index (κ2) is 26.9. The quantitative estimate of drug-likeness (QED) is 0.134. The smallest absolute Gasteiger partial charge is 0.423 e. The van der Waals surface area contributed by atoms with Crippen molar-refractivity contribution >= 4 is 133 Å². The molecule has 0 aliphatic carbocycles. The third-order valence-electron chi connectivity index (χ3n) is 19.5. The summed E-state index contributed by atoms with van der Waals surface area (Å²) in [5.41, 5.74) is 23.0. The molecule has 0 unspecified atom stereocenters. The van der Waals surface area contributed by atoms with E-state index in [1.807, 2.05) is 66.7 Å². The Morgan fingerprint density at radius 3 is 0.814 bits per heavy atom. The van der Waals surface area contributed by atoms with Crippen LogP contribution in [-0.2, 0) is 4.79 Å². The summed E-state index contributed by atoms with van der Waals surface area (Å²) in [5.74, 6) is -0.0409. The molecule has 10 heteroatoms. The molecular weight excluding hydrogens is 1310 g/mol. The number of carbonyl (C=O) groups is 1. The number of halogens is 1. The molecule has 8 nitrogen and oxygen atoms in total. The molecule has 0 bridgehead atoms. The van der Waals surface area contributed by atoms with E-state index < -0.39 is 7.12 Å². The van der Waals surface area contributed by atoms with Crippen LogP contribution in [0.5, 0.6) is 0 Å². The molecule has 0 saturated carbocycles. The lowest BCUT2D eigenvalue weighted by molar-refractivity contribution is -0.115. The first-order valence-corrected chi connectivity index (χ1v) is 35.0. The molecule has 0 aliphatic rings. The summed E-state index contributed by atoms with van der Waals surface area (Å²) >= 11 is 3.52. The molecule has 0 aliphatic heterocycles. The van der Waals surface area contributed by atoms with E-state index in [1.54, 1.807) is 17.9 Å². The highest BCUT2D eigenvalue weighted by Crippen LogP contribution is 2.41. The summed E-state index contributed by atoms with van der Waals surface area (Å²) in [6.07, 6.45) is 0. The molecule has 19 aromatic rings. The molecule has 1 amide bonds. The molecule has 15 aromatic carbocycles. The SMILES string of the molecule is Brc1ccc(-c2ccc3c(c2)c2ccccc2n3-c2ccccc2)cc1.CC(=O)N(c1ccc(-c2ccc3c(c2)c2ccccc2n3-c2ccccc2)cc1)c1ccc(-c2ccc3c(c2)c2ccccc2n3-c2ccccc2)cc1.OB(O)c1ccc2c(c1)c1ccccc1n2-c1ccccc1. The van der Waals surface area contributed by atoms with Gasteiger partial charge in [0.25, 0.3) is 0 Å². The molecule has 0 spiro atoms. The highest BCUT2D eigenvalue weighted by molar-refractivity contribution is 9.10. The topological polar surface area (TPSA) is 80.5 Å². The fraction of sp³-hybridized carbons (Fsp3) is 0.0109. The lowest BCUT2D eigenvalue weighted by Crippen LogP contribution is -2.29. The van der Waals surface area contributed by atoms with Gasteiger partial charge in [0, 0.05) is 88.6 Å². The van der Waals surface area contributed by atoms with Gasteiger partial charge in [0.15, 0.2) is 0 Å². The standard InChI is InChI=1S/C50H35N3O.C24H16BrN.C18H14BNO2/c1-34(54)51(41-26-20-35(21-27-41)37-24-30-49-45(32-37)43-16-8-10-18-47(43)52(49)39-12-4-2-5-13-39)42-28-22-36(23-29-42)38-25-31-50-46(33-38)44-17-9-11-19-48(44)53(50)40-14-6-3-7-15-40;25-19-13-10-17(11-14-19)18-12-15-24-22(16-18)21-8-4-5-9-23(21)26(24)20-6-2-1-3-7-20;21-19(22)13-10-11-18-16(12-13)15-8-4-5-9-17(15)20(18)14-6-2-1-3-7-14/h2-33H,1H3;1-16H;1-12,21-22H. The summed E-state index contributed by atoms with van der Waals surface area (Å²) in [7, 11) is -1.46. The maximum atomic E-state index is 13.2. The molecule has 0 saturated heterocycles. The van der Waals surface area contributed by atoms with Crippen LogP contribution in [0, 0.1) is 0 Å². The zero-order valence-corrected chi connectivity index (χ0v) is 57.2. The van der Waals surface area contributed by atoms with Crippen LogP contribution >= 0.6 is 15.9 Å². The summed E-state index contributed by atoms with van der Waals surface area (Å²) in [6.45, 7) is 1.62. The highest BCUT2D eigenvalue weighted by atomic mass is 79.9. The monoisotopic (exact) mass is 1380 g/mol. The third kappa shape index (κ3) is 11.6. The Morgan fingerprint density at radius 1 is 0.275 bits per heavy atom. The largest absolute Gasteiger partial charge is 0.488 e. The lowest BCUT2D eigenvalue weighted by atomic mass is 9.80. The molecule has 4 aromatic heterocycles. The van der Waals surface area contributed by atoms with Gasteiger partial charge in [-0.1, -0.05) is 228 Å². The number of para-hydroxylation sites is 8. The fourth-order valence-corrected chi connectivity index (χ4v) is 15.1. The lowest BCUT2D eigenvalue weighted by Gasteiger charge is -2.22. The molecule has 0 radical (unpaired) electrons. The van der Waals surface area contributed by atoms with Crippen molar-refractivity contribution < 1.29 is 14.8 Å². The molecule has 0 fully saturated rings. The van der Waals surface area contributed by atoms with Crippen molar-refractivity contribution in [3.8, 4) is 56.1 Å². The first kappa shape index (κ1) is 62.9. The van der Waals surface area contributed by atoms with Gasteiger partial charge in [0.05, 0.1) is 44.1 Å². The normalized spacial score (nSPS) is 11.4. The van der Waals surface area contributed by atoms with Crippen LogP contribution in [0.3, 0.4) is 0 Å². The Hall–Kier alpha value is -12.6. The van der Waals surface area contributed by atoms with E-state index in [2.05, 4.69) is 325 Å². The van der Waals surface area contributed by atoms with Gasteiger partial charge in [-0.15, -0.1) is 0 Å². The number of nitrogens with zero attached hydrogens (tertiary/aromatic N) is 5. The first-order valence-electron chi connectivity index (χ1n) is 34.2. The number of fused-ring (bicyclic) bond motifs is 12. The fourth-order valence-electron chi connectivity index (χ4n) is 14.8. The maximum absolute atomic E-state index is 13.2. The van der Waals surface area contributed by atoms with Gasteiger partial charge in [-0.3, -0.25) is 9.69 Å². The van der Waals surface area contributed by atoms with Gasteiger partial charge in [-0.25, -0.2) is 0 Å². The minimum Gasteiger partial charge on any atom is -0.423 e. The van der Waals surface area contributed by atoms with Gasteiger partial charge in [0.2, 0.25) is 5.91 Å². The summed E-state index contributed by atoms with van der Waals surface area (Å²) in [6, 6.07) is 126. The van der Waals surface area contributed by atoms with Crippen LogP contribution in [0.15, 0.2) is 368 Å². The molecule has 486 valence electrons. The predicted octanol–water partition coefficient (Wildman–Crippen LogP) is 22.6. The molecular formula is C92H65BBrN5O3. The number of aromatic nitrogens is 4. The number of benzene rings is 15. The van der Waals surface area contributed by atoms with Gasteiger partial charge < -0.3 is 28.3 Å². The first-order chi connectivity index (χ1) is 50.2. The van der Waals surface area contributed by atoms with Gasteiger partial charge in [0.1, 0.15) is 0 Å². The van der Waals surface area contributed by atoms with Gasteiger partial charge >= 0.3 is 7.12 Å². The van der Waals surface area contributed by atoms with Crippen molar-refractivity contribution in [1.29, 1.82) is 0 Å². The van der Waals surface area contributed by atoms with E-state index in [0.29, 0.717) is 5.46 Å². The molecule has 19 rings (SSSR count). The Labute approximate surface area is 598 Å². The van der Waals surface area contributed by atoms with Crippen LogP contribution in [0.1, 0.15) is 6.92 Å². The van der Waals surface area contributed by atoms with E-state index in [1.165, 1.54) is 82.2 Å². The summed E-state index contributed by atoms with van der Waals surface area (Å²) in [5, 5.41) is 28.4. The number of hydrogen-bond donors (Lipinski definition) is 2. The van der Waals surface area contributed by atoms with Crippen molar-refractivity contribution in [2.24, 2.45) is 0 Å². The van der Waals surface area contributed by atoms with Crippen LogP contribution in [0.2, 0.25) is 0 Å². The zero-order valence-electron chi connectivity index (χ0n) is 55.6. The third-order valence-corrected chi connectivity index (χ3v) is 20.0. The Bertz CT molecular complexity index is 6110. The number of anilines is 2. The Kier molecular flexibility index (Phi) is 16.6. The van der Waals surface area contributed by atoms with Crippen LogP contribution in [-0.4, -0.2) is 41.3 Å². The predicted molar refractivity (Wildman–Crippen MR) is 430 cm³/mol. The molecule has 102 heavy (non-hydrogen) atoms. The Morgan fingerprint density at radius 2 is 0.520 bits per heavy atom. The number of rotatable bonds is 10. The van der Waals surface area contributed by atoms with Crippen molar-refractivity contribution in [3.05, 3.63) is 368 Å². The maximum Gasteiger partial charge on any atom is 0.488 e. The van der Waals surface area contributed by atoms with Crippen molar-refractivity contribution in [3.63, 3.8) is 0 Å². The van der Waals surface area contributed by atoms with Crippen LogP contribution in [0.25, 0.3) is 143 Å². The average Bonchev–Trinajstić information content (AvgIpc) is 1.61. The summed E-state index contributed by atoms with van der Waals surface area (Å²) in [4.78, 5) is 14.9. The number of hydrogen-bond acceptors (Lipinski definition) is 3. The van der Waals surface area contributed by atoms with E-state index in [9.17, 15) is 14.8 Å². The van der Waals surface area contributed by atoms with Gasteiger partial charge in [-0.2, -0.15) is 0 Å². The van der Waals surface area contributed by atoms with Crippen LogP contribution < -0.4 is 10.4 Å². The minimum atomic E-state index is -1.46. The summed E-state index contributed by atoms with van der Waals surface area (Å²) < 4.78 is 10.3. The van der Waals surface area contributed by atoms with Crippen molar-refractivity contribution in [1.82, 2.24) is 18.3 Å². The van der Waals surface area contributed by atoms with Crippen molar-refractivity contribution in [2.75, 3.05) is 4.90 Å². The zero-order chi connectivity index (χ0) is 68.8. The van der Waals surface area contributed by atoms with E-state index in [0.717, 1.165) is 77.0 Å². The van der Waals surface area contributed by atoms with E-state index >= 15 is 0 Å². The number of carbonyl (C=O) groups excluding carboxylic acids is 1. The van der Waals surface area contributed by atoms with Crippen molar-refractivity contribution in [2.45, 2.75) is 6.92 Å². The minimum absolute atomic E-state index is 0.0409. The van der Waals surface area contributed by atoms with E-state index in [4.69, 9.17) is 0 Å². The van der Waals surface area contributed by atoms with Crippen LogP contribution in [0.4, 0.5) is 11.4 Å². The van der Waals surface area contributed by atoms with Gasteiger partial charge in [-0.05, 0) is 191 Å². The highest BCUT2D eigenvalue weighted by Gasteiger charge is 2.21. The Balaban J connectivity index is 0.000000132. The number of amides is 1.